The van der Waals surface area contributed by atoms with Crippen molar-refractivity contribution >= 4 is 99.5 Å². The van der Waals surface area contributed by atoms with E-state index in [4.69, 9.17) is 8.83 Å². The minimum Gasteiger partial charge on any atom is -0.454 e. The van der Waals surface area contributed by atoms with E-state index in [0.717, 1.165) is 89.1 Å². The summed E-state index contributed by atoms with van der Waals surface area (Å²) in [7, 11) is 0. The number of hydrogen-bond donors (Lipinski definition) is 0. The Morgan fingerprint density at radius 3 is 1.21 bits per heavy atom. The van der Waals surface area contributed by atoms with Crippen LogP contribution in [-0.4, -0.2) is 0 Å². The Hall–Kier alpha value is -9.64. The average molecular weight is 1000 g/mol. The molecule has 4 heteroatoms. The number of rotatable bonds is 7. The van der Waals surface area contributed by atoms with Crippen LogP contribution < -0.4 is 9.80 Å². The Balaban J connectivity index is 0.921. The third kappa shape index (κ3) is 6.23. The SMILES string of the molecule is CC1(C)c2cc3c(cc2-c2cc(N(c4ccccc4)c4cccc5c4oc4ccccc45)c4ccccc4c21)C(C)(C)c1c-3cc(N(c2ccccc2)c2cccc3c2oc2c(-c4ccccc4)cccc23)c2ccccc12. The Kier molecular flexibility index (Phi) is 9.40. The maximum Gasteiger partial charge on any atom is 0.159 e. The Bertz CT molecular complexity index is 4790. The van der Waals surface area contributed by atoms with E-state index in [1.54, 1.807) is 0 Å². The summed E-state index contributed by atoms with van der Waals surface area (Å²) in [5.41, 5.74) is 21.9. The van der Waals surface area contributed by atoms with Gasteiger partial charge in [0, 0.05) is 60.1 Å². The first-order chi connectivity index (χ1) is 38.2. The van der Waals surface area contributed by atoms with Gasteiger partial charge in [-0.1, -0.05) is 204 Å². The molecule has 0 amide bonds. The minimum absolute atomic E-state index is 0.327. The lowest BCUT2D eigenvalue weighted by Crippen LogP contribution is -2.18. The summed E-state index contributed by atoms with van der Waals surface area (Å²) >= 11 is 0. The maximum atomic E-state index is 7.18. The van der Waals surface area contributed by atoms with E-state index in [1.165, 1.54) is 66.1 Å². The van der Waals surface area contributed by atoms with Gasteiger partial charge >= 0.3 is 0 Å². The molecule has 0 spiro atoms. The molecule has 0 unspecified atom stereocenters. The van der Waals surface area contributed by atoms with Gasteiger partial charge in [-0.3, -0.25) is 0 Å². The molecule has 0 saturated carbocycles. The summed E-state index contributed by atoms with van der Waals surface area (Å²) in [5, 5.41) is 9.30. The average Bonchev–Trinajstić information content (AvgIpc) is 4.25. The molecule has 4 nitrogen and oxygen atoms in total. The van der Waals surface area contributed by atoms with E-state index in [2.05, 4.69) is 280 Å². The molecule has 0 N–H and O–H groups in total. The van der Waals surface area contributed by atoms with Gasteiger partial charge in [0.25, 0.3) is 0 Å². The molecule has 2 aliphatic rings. The largest absolute Gasteiger partial charge is 0.454 e. The zero-order chi connectivity index (χ0) is 52.0. The number of para-hydroxylation sites is 6. The third-order valence-corrected chi connectivity index (χ3v) is 17.3. The summed E-state index contributed by atoms with van der Waals surface area (Å²) in [6.07, 6.45) is 0. The van der Waals surface area contributed by atoms with Crippen molar-refractivity contribution in [1.29, 1.82) is 0 Å². The van der Waals surface area contributed by atoms with Gasteiger partial charge in [0.1, 0.15) is 11.2 Å². The van der Waals surface area contributed by atoms with Crippen molar-refractivity contribution in [2.75, 3.05) is 9.80 Å². The fraction of sp³-hybridized carbons (Fsp3) is 0.0811. The van der Waals surface area contributed by atoms with Crippen molar-refractivity contribution in [3.63, 3.8) is 0 Å². The molecule has 16 rings (SSSR count). The van der Waals surface area contributed by atoms with Gasteiger partial charge in [0.05, 0.1) is 22.7 Å². The highest BCUT2D eigenvalue weighted by Crippen LogP contribution is 2.61. The number of benzene rings is 12. The second-order valence-electron chi connectivity index (χ2n) is 22.3. The van der Waals surface area contributed by atoms with Gasteiger partial charge in [-0.25, -0.2) is 0 Å². The predicted molar refractivity (Wildman–Crippen MR) is 326 cm³/mol. The van der Waals surface area contributed by atoms with Crippen LogP contribution in [0.2, 0.25) is 0 Å². The maximum absolute atomic E-state index is 7.18. The molecule has 2 aliphatic carbocycles. The van der Waals surface area contributed by atoms with E-state index in [1.807, 2.05) is 0 Å². The van der Waals surface area contributed by atoms with Crippen molar-refractivity contribution in [2.45, 2.75) is 38.5 Å². The molecule has 14 aromatic rings. The molecule has 12 aromatic carbocycles. The second kappa shape index (κ2) is 16.4. The van der Waals surface area contributed by atoms with Crippen LogP contribution in [0.25, 0.3) is 98.8 Å². The van der Waals surface area contributed by atoms with Gasteiger partial charge in [-0.2, -0.15) is 0 Å². The summed E-state index contributed by atoms with van der Waals surface area (Å²) in [5.74, 6) is 0. The first kappa shape index (κ1) is 44.6. The molecular formula is C74H52N2O2. The number of hydrogen-bond acceptors (Lipinski definition) is 4. The molecule has 0 fully saturated rings. The van der Waals surface area contributed by atoms with Crippen LogP contribution in [0.15, 0.2) is 251 Å². The Morgan fingerprint density at radius 2 is 0.679 bits per heavy atom. The van der Waals surface area contributed by atoms with E-state index < -0.39 is 0 Å². The lowest BCUT2D eigenvalue weighted by molar-refractivity contribution is 0.657. The summed E-state index contributed by atoms with van der Waals surface area (Å²) < 4.78 is 14.0. The molecule has 0 bridgehead atoms. The zero-order valence-electron chi connectivity index (χ0n) is 43.8. The van der Waals surface area contributed by atoms with Crippen LogP contribution in [-0.2, 0) is 10.8 Å². The standard InChI is InChI=1S/C74H52N2O2/c1-73(2)61-42-58-60-44-66(76(47-27-12-7-13-28-47)64-39-22-37-56-55-35-20-34-48(70(55)78-72(56)64)45-23-8-5-9-24-45)50-30-15-17-33-53(50)69(60)74(3,4)62(58)41-57(61)59-43-65(49-29-14-16-32-52(49)68(59)73)75(46-25-10-6-11-26-46)63-38-21-36-54-51-31-18-19-40-67(51)77-71(54)63/h5-44H,1-4H3. The number of furan rings is 2. The van der Waals surface area contributed by atoms with Crippen molar-refractivity contribution in [2.24, 2.45) is 0 Å². The first-order valence-corrected chi connectivity index (χ1v) is 27.2. The van der Waals surface area contributed by atoms with Crippen LogP contribution in [0.3, 0.4) is 0 Å². The lowest BCUT2D eigenvalue weighted by Gasteiger charge is -2.29. The quantitative estimate of drug-likeness (QED) is 0.159. The van der Waals surface area contributed by atoms with Crippen LogP contribution >= 0.6 is 0 Å². The molecule has 0 atom stereocenters. The zero-order valence-corrected chi connectivity index (χ0v) is 43.8. The monoisotopic (exact) mass is 1000 g/mol. The van der Waals surface area contributed by atoms with Crippen LogP contribution in [0.1, 0.15) is 49.9 Å². The van der Waals surface area contributed by atoms with Crippen molar-refractivity contribution < 1.29 is 8.83 Å². The molecule has 370 valence electrons. The number of fused-ring (bicyclic) bond motifs is 16. The Morgan fingerprint density at radius 1 is 0.282 bits per heavy atom. The molecule has 2 aromatic heterocycles. The molecule has 0 aliphatic heterocycles. The number of nitrogens with zero attached hydrogens (tertiary/aromatic N) is 2. The topological polar surface area (TPSA) is 32.8 Å². The van der Waals surface area contributed by atoms with Gasteiger partial charge in [0.15, 0.2) is 11.2 Å². The van der Waals surface area contributed by atoms with Gasteiger partial charge < -0.3 is 18.6 Å². The first-order valence-electron chi connectivity index (χ1n) is 27.2. The number of anilines is 6. The van der Waals surface area contributed by atoms with Gasteiger partial charge in [-0.05, 0) is 128 Å². The van der Waals surface area contributed by atoms with Crippen molar-refractivity contribution in [1.82, 2.24) is 0 Å². The highest BCUT2D eigenvalue weighted by Gasteiger charge is 2.44. The second-order valence-corrected chi connectivity index (χ2v) is 22.3. The Labute approximate surface area is 452 Å². The van der Waals surface area contributed by atoms with Crippen LogP contribution in [0.4, 0.5) is 34.1 Å². The summed E-state index contributed by atoms with van der Waals surface area (Å²) in [4.78, 5) is 4.86. The summed E-state index contributed by atoms with van der Waals surface area (Å²) in [6.45, 7) is 9.73. The highest BCUT2D eigenvalue weighted by molar-refractivity contribution is 6.17. The molecule has 2 heterocycles. The lowest BCUT2D eigenvalue weighted by atomic mass is 9.78. The molecule has 0 saturated heterocycles. The molecule has 0 radical (unpaired) electrons. The van der Waals surface area contributed by atoms with Gasteiger partial charge in [0.2, 0.25) is 0 Å². The van der Waals surface area contributed by atoms with Gasteiger partial charge in [-0.15, -0.1) is 0 Å². The van der Waals surface area contributed by atoms with E-state index >= 15 is 0 Å². The molecular weight excluding hydrogens is 949 g/mol. The van der Waals surface area contributed by atoms with E-state index in [9.17, 15) is 0 Å². The minimum atomic E-state index is -0.332. The summed E-state index contributed by atoms with van der Waals surface area (Å²) in [6, 6.07) is 88.4. The third-order valence-electron chi connectivity index (χ3n) is 17.3. The fourth-order valence-corrected chi connectivity index (χ4v) is 13.9. The van der Waals surface area contributed by atoms with Crippen LogP contribution in [0, 0.1) is 0 Å². The predicted octanol–water partition coefficient (Wildman–Crippen LogP) is 21.0. The highest BCUT2D eigenvalue weighted by atomic mass is 16.3. The molecule has 78 heavy (non-hydrogen) atoms. The van der Waals surface area contributed by atoms with Crippen LogP contribution in [0.5, 0.6) is 0 Å². The normalized spacial score (nSPS) is 13.8. The fourth-order valence-electron chi connectivity index (χ4n) is 13.9. The van der Waals surface area contributed by atoms with Crippen molar-refractivity contribution in [3.8, 4) is 33.4 Å². The van der Waals surface area contributed by atoms with E-state index in [0.29, 0.717) is 0 Å². The van der Waals surface area contributed by atoms with Crippen molar-refractivity contribution in [3.05, 3.63) is 265 Å². The van der Waals surface area contributed by atoms with E-state index in [-0.39, 0.29) is 10.8 Å². The smallest absolute Gasteiger partial charge is 0.159 e.